The fourth-order valence-corrected chi connectivity index (χ4v) is 3.21. The highest BCUT2D eigenvalue weighted by atomic mass is 35.5. The number of nitrogens with one attached hydrogen (secondary N) is 1. The van der Waals surface area contributed by atoms with E-state index in [9.17, 15) is 0 Å². The summed E-state index contributed by atoms with van der Waals surface area (Å²) in [6.07, 6.45) is 3.26. The molecule has 1 N–H and O–H groups in total. The fourth-order valence-electron chi connectivity index (χ4n) is 2.69. The van der Waals surface area contributed by atoms with Crippen LogP contribution in [0.3, 0.4) is 0 Å². The molecule has 27 heavy (non-hydrogen) atoms. The van der Waals surface area contributed by atoms with E-state index in [0.717, 1.165) is 5.56 Å². The normalized spacial score (nSPS) is 11.7. The predicted octanol–water partition coefficient (Wildman–Crippen LogP) is 4.90. The highest BCUT2D eigenvalue weighted by molar-refractivity contribution is 6.36. The first-order valence-electron chi connectivity index (χ1n) is 7.99. The minimum atomic E-state index is 0.437. The molecule has 2 heterocycles. The predicted molar refractivity (Wildman–Crippen MR) is 105 cm³/mol. The van der Waals surface area contributed by atoms with Gasteiger partial charge in [-0.15, -0.1) is 0 Å². The number of H-pyrrole nitrogens is 1. The van der Waals surface area contributed by atoms with Gasteiger partial charge in [-0.05, 0) is 24.3 Å². The molecule has 0 unspecified atom stereocenters. The molecular weight excluding hydrogens is 383 g/mol. The Balaban J connectivity index is 1.79. The lowest BCUT2D eigenvalue weighted by atomic mass is 10.2. The standard InChI is InChI=1S/C19H12Cl2N6/c1-22-12-5-7-13(8-6-12)26-18-17-19(24-10-23-17)27(11-25-18)9-14-15(20)3-2-4-16(14)21/h2-8,10-11H,9H2,(H,23,24). The van der Waals surface area contributed by atoms with E-state index in [1.54, 1.807) is 49.1 Å². The molecule has 0 bridgehead atoms. The summed E-state index contributed by atoms with van der Waals surface area (Å²) >= 11 is 12.6. The van der Waals surface area contributed by atoms with Gasteiger partial charge in [-0.1, -0.05) is 41.4 Å². The highest BCUT2D eigenvalue weighted by Gasteiger charge is 2.10. The summed E-state index contributed by atoms with van der Waals surface area (Å²) in [5, 5.41) is 1.18. The number of rotatable bonds is 3. The zero-order valence-electron chi connectivity index (χ0n) is 13.9. The van der Waals surface area contributed by atoms with Crippen LogP contribution in [0.15, 0.2) is 60.1 Å². The first-order chi connectivity index (χ1) is 13.2. The number of aromatic nitrogens is 4. The maximum atomic E-state index is 7.02. The van der Waals surface area contributed by atoms with E-state index in [1.807, 2.05) is 10.6 Å². The minimum Gasteiger partial charge on any atom is -0.340 e. The van der Waals surface area contributed by atoms with Crippen LogP contribution in [0, 0.1) is 6.57 Å². The number of nitrogens with zero attached hydrogens (tertiary/aromatic N) is 5. The second-order valence-corrected chi connectivity index (χ2v) is 6.55. The highest BCUT2D eigenvalue weighted by Crippen LogP contribution is 2.25. The number of benzene rings is 2. The van der Waals surface area contributed by atoms with Crippen molar-refractivity contribution in [1.29, 1.82) is 0 Å². The SMILES string of the molecule is [C-]#[N+]c1ccc(N=c2ncn(Cc3c(Cl)cccc3Cl)c3nc[nH]c23)cc1. The summed E-state index contributed by atoms with van der Waals surface area (Å²) in [7, 11) is 0. The molecule has 0 radical (unpaired) electrons. The third-order valence-corrected chi connectivity index (χ3v) is 4.75. The van der Waals surface area contributed by atoms with Gasteiger partial charge in [0.05, 0.1) is 31.5 Å². The van der Waals surface area contributed by atoms with Gasteiger partial charge in [0.15, 0.2) is 16.8 Å². The smallest absolute Gasteiger partial charge is 0.187 e. The van der Waals surface area contributed by atoms with Crippen molar-refractivity contribution in [1.82, 2.24) is 19.5 Å². The average molecular weight is 395 g/mol. The van der Waals surface area contributed by atoms with Gasteiger partial charge in [-0.2, -0.15) is 0 Å². The van der Waals surface area contributed by atoms with E-state index >= 15 is 0 Å². The van der Waals surface area contributed by atoms with Crippen molar-refractivity contribution < 1.29 is 0 Å². The maximum absolute atomic E-state index is 7.02. The monoisotopic (exact) mass is 394 g/mol. The summed E-state index contributed by atoms with van der Waals surface area (Å²) in [6.45, 7) is 7.45. The van der Waals surface area contributed by atoms with Crippen LogP contribution < -0.4 is 5.49 Å². The van der Waals surface area contributed by atoms with Crippen molar-refractivity contribution in [2.75, 3.05) is 0 Å². The Bertz CT molecular complexity index is 1210. The van der Waals surface area contributed by atoms with E-state index < -0.39 is 0 Å². The topological polar surface area (TPSA) is 63.2 Å². The van der Waals surface area contributed by atoms with Gasteiger partial charge in [0.1, 0.15) is 5.52 Å². The Morgan fingerprint density at radius 1 is 1.07 bits per heavy atom. The Morgan fingerprint density at radius 2 is 1.81 bits per heavy atom. The fraction of sp³-hybridized carbons (Fsp3) is 0.0526. The van der Waals surface area contributed by atoms with Crippen LogP contribution >= 0.6 is 23.2 Å². The second kappa shape index (κ2) is 7.23. The Kier molecular flexibility index (Phi) is 4.63. The van der Waals surface area contributed by atoms with Crippen molar-refractivity contribution in [2.45, 2.75) is 6.54 Å². The molecule has 0 spiro atoms. The maximum Gasteiger partial charge on any atom is 0.187 e. The first-order valence-corrected chi connectivity index (χ1v) is 8.75. The van der Waals surface area contributed by atoms with Crippen molar-refractivity contribution in [3.8, 4) is 0 Å². The number of aromatic amines is 1. The molecule has 0 atom stereocenters. The van der Waals surface area contributed by atoms with Crippen molar-refractivity contribution in [3.63, 3.8) is 0 Å². The number of imidazole rings is 1. The van der Waals surface area contributed by atoms with Gasteiger partial charge in [0.2, 0.25) is 0 Å². The van der Waals surface area contributed by atoms with Gasteiger partial charge in [0.25, 0.3) is 0 Å². The van der Waals surface area contributed by atoms with Crippen molar-refractivity contribution in [2.24, 2.45) is 4.99 Å². The summed E-state index contributed by atoms with van der Waals surface area (Å²) in [4.78, 5) is 19.8. The van der Waals surface area contributed by atoms with Crippen molar-refractivity contribution in [3.05, 3.63) is 87.6 Å². The van der Waals surface area contributed by atoms with E-state index in [2.05, 4.69) is 24.8 Å². The average Bonchev–Trinajstić information content (AvgIpc) is 3.17. The zero-order valence-corrected chi connectivity index (χ0v) is 15.4. The van der Waals surface area contributed by atoms with E-state index in [-0.39, 0.29) is 0 Å². The zero-order chi connectivity index (χ0) is 18.8. The number of halogens is 2. The number of hydrogen-bond acceptors (Lipinski definition) is 3. The van der Waals surface area contributed by atoms with E-state index in [0.29, 0.717) is 44.6 Å². The lowest BCUT2D eigenvalue weighted by Crippen LogP contribution is -2.14. The van der Waals surface area contributed by atoms with Gasteiger partial charge < -0.3 is 9.55 Å². The van der Waals surface area contributed by atoms with Gasteiger partial charge >= 0.3 is 0 Å². The summed E-state index contributed by atoms with van der Waals surface area (Å²) < 4.78 is 1.86. The summed E-state index contributed by atoms with van der Waals surface area (Å²) in [5.74, 6) is 0. The quantitative estimate of drug-likeness (QED) is 0.502. The molecule has 0 amide bonds. The molecule has 0 saturated carbocycles. The van der Waals surface area contributed by atoms with Gasteiger partial charge in [0, 0.05) is 15.6 Å². The Labute approximate surface area is 164 Å². The van der Waals surface area contributed by atoms with Crippen molar-refractivity contribution >= 4 is 45.7 Å². The molecule has 0 fully saturated rings. The molecule has 4 aromatic rings. The lowest BCUT2D eigenvalue weighted by molar-refractivity contribution is 0.786. The number of fused-ring (bicyclic) bond motifs is 1. The molecule has 0 aliphatic heterocycles. The van der Waals surface area contributed by atoms with Crippen LogP contribution in [0.1, 0.15) is 5.56 Å². The first kappa shape index (κ1) is 17.3. The molecule has 6 nitrogen and oxygen atoms in total. The third kappa shape index (κ3) is 3.43. The molecule has 4 rings (SSSR count). The molecule has 132 valence electrons. The van der Waals surface area contributed by atoms with Crippen LogP contribution in [0.2, 0.25) is 10.0 Å². The van der Waals surface area contributed by atoms with Gasteiger partial charge in [-0.25, -0.2) is 19.8 Å². The largest absolute Gasteiger partial charge is 0.340 e. The lowest BCUT2D eigenvalue weighted by Gasteiger charge is -2.10. The van der Waals surface area contributed by atoms with Crippen LogP contribution in [-0.4, -0.2) is 19.5 Å². The molecule has 8 heteroatoms. The van der Waals surface area contributed by atoms with E-state index in [4.69, 9.17) is 29.8 Å². The van der Waals surface area contributed by atoms with Crippen LogP contribution in [-0.2, 0) is 6.54 Å². The van der Waals surface area contributed by atoms with Crippen LogP contribution in [0.5, 0.6) is 0 Å². The van der Waals surface area contributed by atoms with Crippen LogP contribution in [0.25, 0.3) is 16.0 Å². The number of hydrogen-bond donors (Lipinski definition) is 1. The summed E-state index contributed by atoms with van der Waals surface area (Å²) in [5.41, 5.74) is 3.98. The summed E-state index contributed by atoms with van der Waals surface area (Å²) in [6, 6.07) is 12.4. The molecule has 2 aromatic heterocycles. The Hall–Kier alpha value is -3.14. The van der Waals surface area contributed by atoms with Gasteiger partial charge in [-0.3, -0.25) is 0 Å². The third-order valence-electron chi connectivity index (χ3n) is 4.04. The molecule has 0 aliphatic carbocycles. The van der Waals surface area contributed by atoms with E-state index in [1.165, 1.54) is 0 Å². The van der Waals surface area contributed by atoms with Crippen LogP contribution in [0.4, 0.5) is 11.4 Å². The molecule has 0 aliphatic rings. The molecule has 0 saturated heterocycles. The molecule has 2 aromatic carbocycles. The Morgan fingerprint density at radius 3 is 2.52 bits per heavy atom. The minimum absolute atomic E-state index is 0.437. The second-order valence-electron chi connectivity index (χ2n) is 5.74. The molecular formula is C19H12Cl2N6.